The van der Waals surface area contributed by atoms with Gasteiger partial charge in [-0.25, -0.2) is 9.37 Å². The van der Waals surface area contributed by atoms with Crippen LogP contribution in [0.5, 0.6) is 0 Å². The number of nitrogen functional groups attached to an aromatic ring is 1. The van der Waals surface area contributed by atoms with Crippen molar-refractivity contribution in [2.24, 2.45) is 0 Å². The van der Waals surface area contributed by atoms with Gasteiger partial charge in [-0.3, -0.25) is 0 Å². The van der Waals surface area contributed by atoms with Gasteiger partial charge in [-0.1, -0.05) is 12.1 Å². The van der Waals surface area contributed by atoms with Gasteiger partial charge in [-0.05, 0) is 43.4 Å². The van der Waals surface area contributed by atoms with Crippen molar-refractivity contribution in [2.75, 3.05) is 5.73 Å². The van der Waals surface area contributed by atoms with Crippen LogP contribution in [-0.4, -0.2) is 4.98 Å². The number of rotatable bonds is 1. The summed E-state index contributed by atoms with van der Waals surface area (Å²) in [7, 11) is 0. The third-order valence-electron chi connectivity index (χ3n) is 3.59. The molecule has 1 aliphatic rings. The third-order valence-corrected chi connectivity index (χ3v) is 4.63. The fourth-order valence-corrected chi connectivity index (χ4v) is 3.82. The molecule has 0 radical (unpaired) electrons. The molecule has 0 fully saturated rings. The lowest BCUT2D eigenvalue weighted by Crippen LogP contribution is -2.12. The molecule has 1 unspecified atom stereocenters. The van der Waals surface area contributed by atoms with Crippen molar-refractivity contribution < 1.29 is 4.39 Å². The second-order valence-electron chi connectivity index (χ2n) is 4.78. The van der Waals surface area contributed by atoms with Gasteiger partial charge < -0.3 is 5.73 Å². The molecule has 1 heterocycles. The van der Waals surface area contributed by atoms with Crippen LogP contribution in [-0.2, 0) is 6.42 Å². The molecule has 1 aromatic carbocycles. The highest BCUT2D eigenvalue weighted by Gasteiger charge is 2.28. The summed E-state index contributed by atoms with van der Waals surface area (Å²) >= 11 is 1.51. The first kappa shape index (κ1) is 11.7. The number of thiazole rings is 1. The number of anilines is 1. The first-order chi connectivity index (χ1) is 8.66. The number of aryl methyl sites for hydroxylation is 2. The summed E-state index contributed by atoms with van der Waals surface area (Å²) in [5.74, 6) is 0.0181. The average molecular weight is 262 g/mol. The lowest BCUT2D eigenvalue weighted by Gasteiger charge is -2.23. The molecule has 1 aromatic heterocycles. The second kappa shape index (κ2) is 4.35. The van der Waals surface area contributed by atoms with Gasteiger partial charge in [0.1, 0.15) is 5.82 Å². The van der Waals surface area contributed by atoms with E-state index < -0.39 is 0 Å². The minimum Gasteiger partial charge on any atom is -0.375 e. The van der Waals surface area contributed by atoms with Gasteiger partial charge in [0.15, 0.2) is 5.13 Å². The van der Waals surface area contributed by atoms with Gasteiger partial charge in [0.25, 0.3) is 0 Å². The van der Waals surface area contributed by atoms with Gasteiger partial charge in [0.2, 0.25) is 0 Å². The number of nitrogens with zero attached hydrogens (tertiary/aromatic N) is 1. The van der Waals surface area contributed by atoms with E-state index in [1.165, 1.54) is 11.3 Å². The maximum atomic E-state index is 14.1. The SMILES string of the molecule is Cc1cccc(F)c1C1CCCc2nc(N)sc21. The number of fused-ring (bicyclic) bond motifs is 1. The fourth-order valence-electron chi connectivity index (χ4n) is 2.80. The minimum atomic E-state index is -0.111. The molecular weight excluding hydrogens is 247 g/mol. The van der Waals surface area contributed by atoms with E-state index in [4.69, 9.17) is 5.73 Å². The Morgan fingerprint density at radius 3 is 3.06 bits per heavy atom. The lowest BCUT2D eigenvalue weighted by molar-refractivity contribution is 0.558. The molecule has 0 saturated carbocycles. The van der Waals surface area contributed by atoms with Crippen LogP contribution >= 0.6 is 11.3 Å². The predicted molar refractivity (Wildman–Crippen MR) is 72.4 cm³/mol. The molecule has 0 bridgehead atoms. The largest absolute Gasteiger partial charge is 0.375 e. The van der Waals surface area contributed by atoms with Crippen molar-refractivity contribution in [3.05, 3.63) is 45.7 Å². The maximum Gasteiger partial charge on any atom is 0.180 e. The molecule has 3 rings (SSSR count). The van der Waals surface area contributed by atoms with Gasteiger partial charge in [-0.15, -0.1) is 11.3 Å². The van der Waals surface area contributed by atoms with Crippen LogP contribution in [0.4, 0.5) is 9.52 Å². The van der Waals surface area contributed by atoms with Crippen LogP contribution in [0.3, 0.4) is 0 Å². The molecule has 1 aliphatic carbocycles. The van der Waals surface area contributed by atoms with Crippen molar-refractivity contribution in [1.29, 1.82) is 0 Å². The van der Waals surface area contributed by atoms with Crippen molar-refractivity contribution >= 4 is 16.5 Å². The van der Waals surface area contributed by atoms with E-state index in [0.717, 1.165) is 41.0 Å². The summed E-state index contributed by atoms with van der Waals surface area (Å²) in [6, 6.07) is 5.27. The van der Waals surface area contributed by atoms with Gasteiger partial charge in [-0.2, -0.15) is 0 Å². The highest BCUT2D eigenvalue weighted by Crippen LogP contribution is 2.42. The number of aromatic nitrogens is 1. The molecule has 1 atom stereocenters. The van der Waals surface area contributed by atoms with Crippen molar-refractivity contribution in [2.45, 2.75) is 32.1 Å². The van der Waals surface area contributed by atoms with Crippen LogP contribution in [0.1, 0.15) is 40.5 Å². The fraction of sp³-hybridized carbons (Fsp3) is 0.357. The summed E-state index contributed by atoms with van der Waals surface area (Å²) in [5, 5.41) is 0.598. The Hall–Kier alpha value is -1.42. The Bertz CT molecular complexity index is 571. The Kier molecular flexibility index (Phi) is 2.82. The number of hydrogen-bond acceptors (Lipinski definition) is 3. The zero-order chi connectivity index (χ0) is 12.7. The second-order valence-corrected chi connectivity index (χ2v) is 5.84. The molecule has 2 nitrogen and oxygen atoms in total. The molecule has 0 amide bonds. The molecule has 0 saturated heterocycles. The smallest absolute Gasteiger partial charge is 0.180 e. The van der Waals surface area contributed by atoms with Crippen LogP contribution in [0.15, 0.2) is 18.2 Å². The number of halogens is 1. The number of nitrogens with two attached hydrogens (primary N) is 1. The van der Waals surface area contributed by atoms with E-state index in [1.54, 1.807) is 12.1 Å². The summed E-state index contributed by atoms with van der Waals surface area (Å²) in [6.45, 7) is 1.97. The molecule has 0 spiro atoms. The lowest BCUT2D eigenvalue weighted by atomic mass is 9.84. The zero-order valence-corrected chi connectivity index (χ0v) is 11.1. The number of hydrogen-bond donors (Lipinski definition) is 1. The van der Waals surface area contributed by atoms with Crippen LogP contribution < -0.4 is 5.73 Å². The van der Waals surface area contributed by atoms with E-state index in [9.17, 15) is 4.39 Å². The molecular formula is C14H15FN2S. The minimum absolute atomic E-state index is 0.111. The highest BCUT2D eigenvalue weighted by molar-refractivity contribution is 7.15. The summed E-state index contributed by atoms with van der Waals surface area (Å²) in [4.78, 5) is 5.52. The monoisotopic (exact) mass is 262 g/mol. The normalized spacial score (nSPS) is 18.7. The number of benzene rings is 1. The van der Waals surface area contributed by atoms with E-state index >= 15 is 0 Å². The van der Waals surface area contributed by atoms with Crippen molar-refractivity contribution in [3.63, 3.8) is 0 Å². The average Bonchev–Trinajstić information content (AvgIpc) is 2.70. The Morgan fingerprint density at radius 2 is 2.28 bits per heavy atom. The Morgan fingerprint density at radius 1 is 1.44 bits per heavy atom. The maximum absolute atomic E-state index is 14.1. The quantitative estimate of drug-likeness (QED) is 0.852. The summed E-state index contributed by atoms with van der Waals surface area (Å²) < 4.78 is 14.1. The highest BCUT2D eigenvalue weighted by atomic mass is 32.1. The van der Waals surface area contributed by atoms with Crippen molar-refractivity contribution in [1.82, 2.24) is 4.98 Å². The van der Waals surface area contributed by atoms with Crippen LogP contribution in [0.25, 0.3) is 0 Å². The Balaban J connectivity index is 2.14. The van der Waals surface area contributed by atoms with Crippen LogP contribution in [0.2, 0.25) is 0 Å². The molecule has 94 valence electrons. The van der Waals surface area contributed by atoms with E-state index in [1.807, 2.05) is 13.0 Å². The first-order valence-electron chi connectivity index (χ1n) is 6.17. The first-order valence-corrected chi connectivity index (χ1v) is 6.98. The topological polar surface area (TPSA) is 38.9 Å². The molecule has 18 heavy (non-hydrogen) atoms. The van der Waals surface area contributed by atoms with E-state index in [0.29, 0.717) is 5.13 Å². The van der Waals surface area contributed by atoms with E-state index in [-0.39, 0.29) is 11.7 Å². The molecule has 4 heteroatoms. The summed E-state index contributed by atoms with van der Waals surface area (Å²) in [6.07, 6.45) is 3.00. The van der Waals surface area contributed by atoms with Crippen LogP contribution in [0, 0.1) is 12.7 Å². The zero-order valence-electron chi connectivity index (χ0n) is 10.2. The van der Waals surface area contributed by atoms with Crippen molar-refractivity contribution in [3.8, 4) is 0 Å². The molecule has 0 aliphatic heterocycles. The van der Waals surface area contributed by atoms with E-state index in [2.05, 4.69) is 4.98 Å². The van der Waals surface area contributed by atoms with Gasteiger partial charge >= 0.3 is 0 Å². The molecule has 2 aromatic rings. The standard InChI is InChI=1S/C14H15FN2S/c1-8-4-2-6-10(15)12(8)9-5-3-7-11-13(9)18-14(16)17-11/h2,4,6,9H,3,5,7H2,1H3,(H2,16,17). The summed E-state index contributed by atoms with van der Waals surface area (Å²) in [5.41, 5.74) is 8.69. The van der Waals surface area contributed by atoms with Gasteiger partial charge in [0, 0.05) is 10.8 Å². The Labute approximate surface area is 110 Å². The molecule has 2 N–H and O–H groups in total. The predicted octanol–water partition coefficient (Wildman–Crippen LogP) is 3.64. The van der Waals surface area contributed by atoms with Gasteiger partial charge in [0.05, 0.1) is 5.69 Å². The third kappa shape index (κ3) is 1.81.